The Balaban J connectivity index is 1.44. The molecule has 0 aromatic carbocycles. The van der Waals surface area contributed by atoms with Crippen LogP contribution < -0.4 is 10.1 Å². The number of amides is 1. The number of hydrogen-bond donors (Lipinski definition) is 1. The van der Waals surface area contributed by atoms with Gasteiger partial charge in [-0.3, -0.25) is 4.79 Å². The zero-order valence-electron chi connectivity index (χ0n) is 14.2. The number of nitrogens with one attached hydrogen (secondary N) is 1. The third kappa shape index (κ3) is 2.62. The molecule has 24 heavy (non-hydrogen) atoms. The van der Waals surface area contributed by atoms with E-state index < -0.39 is 0 Å². The largest absolute Gasteiger partial charge is 0.466 e. The molecule has 2 fully saturated rings. The minimum absolute atomic E-state index is 0.0483. The number of rotatable bonds is 4. The van der Waals surface area contributed by atoms with E-state index in [1.807, 2.05) is 27.0 Å². The SMILES string of the molecule is Cc1cc(C)c2c(OCC(=O)NC3CC4CCC3O4)nn(C)c2n1. The molecule has 2 aromatic rings. The van der Waals surface area contributed by atoms with Crippen molar-refractivity contribution in [3.8, 4) is 5.88 Å². The van der Waals surface area contributed by atoms with Crippen molar-refractivity contribution in [3.63, 3.8) is 0 Å². The predicted octanol–water partition coefficient (Wildman–Crippen LogP) is 1.40. The van der Waals surface area contributed by atoms with Gasteiger partial charge in [0, 0.05) is 12.7 Å². The summed E-state index contributed by atoms with van der Waals surface area (Å²) in [6.07, 6.45) is 3.54. The fraction of sp³-hybridized carbons (Fsp3) is 0.588. The van der Waals surface area contributed by atoms with E-state index >= 15 is 0 Å². The number of carbonyl (C=O) groups is 1. The van der Waals surface area contributed by atoms with E-state index in [9.17, 15) is 4.79 Å². The zero-order chi connectivity index (χ0) is 16.8. The van der Waals surface area contributed by atoms with Crippen molar-refractivity contribution in [2.24, 2.45) is 7.05 Å². The normalized spacial score (nSPS) is 25.4. The van der Waals surface area contributed by atoms with Crippen LogP contribution in [0.25, 0.3) is 11.0 Å². The maximum absolute atomic E-state index is 12.2. The first kappa shape index (κ1) is 15.4. The smallest absolute Gasteiger partial charge is 0.258 e. The monoisotopic (exact) mass is 330 g/mol. The van der Waals surface area contributed by atoms with E-state index in [2.05, 4.69) is 15.4 Å². The molecule has 128 valence electrons. The van der Waals surface area contributed by atoms with E-state index in [1.165, 1.54) is 0 Å². The van der Waals surface area contributed by atoms with Crippen molar-refractivity contribution in [1.29, 1.82) is 0 Å². The van der Waals surface area contributed by atoms with E-state index in [4.69, 9.17) is 9.47 Å². The van der Waals surface area contributed by atoms with Gasteiger partial charge in [-0.1, -0.05) is 0 Å². The van der Waals surface area contributed by atoms with Crippen LogP contribution in [0.2, 0.25) is 0 Å². The Morgan fingerprint density at radius 1 is 1.46 bits per heavy atom. The molecule has 1 N–H and O–H groups in total. The summed E-state index contributed by atoms with van der Waals surface area (Å²) in [5.74, 6) is 0.324. The Hall–Kier alpha value is -2.15. The van der Waals surface area contributed by atoms with Crippen LogP contribution in [0, 0.1) is 13.8 Å². The second-order valence-electron chi connectivity index (χ2n) is 6.78. The van der Waals surface area contributed by atoms with Crippen LogP contribution in [0.1, 0.15) is 30.5 Å². The second-order valence-corrected chi connectivity index (χ2v) is 6.78. The number of hydrogen-bond acceptors (Lipinski definition) is 5. The van der Waals surface area contributed by atoms with Gasteiger partial charge in [0.15, 0.2) is 12.3 Å². The molecule has 7 nitrogen and oxygen atoms in total. The van der Waals surface area contributed by atoms with E-state index in [-0.39, 0.29) is 24.7 Å². The van der Waals surface area contributed by atoms with Gasteiger partial charge in [-0.15, -0.1) is 5.10 Å². The lowest BCUT2D eigenvalue weighted by Crippen LogP contribution is -2.43. The summed E-state index contributed by atoms with van der Waals surface area (Å²) in [6, 6.07) is 2.11. The van der Waals surface area contributed by atoms with Crippen molar-refractivity contribution in [2.45, 2.75) is 51.4 Å². The van der Waals surface area contributed by atoms with Gasteiger partial charge in [0.2, 0.25) is 5.88 Å². The third-order valence-corrected chi connectivity index (χ3v) is 4.88. The summed E-state index contributed by atoms with van der Waals surface area (Å²) in [7, 11) is 1.83. The van der Waals surface area contributed by atoms with E-state index in [1.54, 1.807) is 4.68 Å². The quantitative estimate of drug-likeness (QED) is 0.917. The van der Waals surface area contributed by atoms with Gasteiger partial charge in [-0.05, 0) is 44.7 Å². The molecule has 3 unspecified atom stereocenters. The van der Waals surface area contributed by atoms with Gasteiger partial charge in [-0.2, -0.15) is 0 Å². The van der Waals surface area contributed by atoms with E-state index in [0.717, 1.165) is 41.6 Å². The topological polar surface area (TPSA) is 78.3 Å². The fourth-order valence-electron chi connectivity index (χ4n) is 3.82. The molecular weight excluding hydrogens is 308 g/mol. The van der Waals surface area contributed by atoms with Gasteiger partial charge in [0.1, 0.15) is 0 Å². The lowest BCUT2D eigenvalue weighted by molar-refractivity contribution is -0.124. The summed E-state index contributed by atoms with van der Waals surface area (Å²) in [6.45, 7) is 3.90. The van der Waals surface area contributed by atoms with Crippen molar-refractivity contribution in [2.75, 3.05) is 6.61 Å². The summed E-state index contributed by atoms with van der Waals surface area (Å²) in [5.41, 5.74) is 2.75. The summed E-state index contributed by atoms with van der Waals surface area (Å²) in [4.78, 5) is 16.7. The van der Waals surface area contributed by atoms with Crippen molar-refractivity contribution in [1.82, 2.24) is 20.1 Å². The molecule has 0 saturated carbocycles. The Labute approximate surface area is 140 Å². The molecular formula is C17H22N4O3. The van der Waals surface area contributed by atoms with Crippen LogP contribution >= 0.6 is 0 Å². The molecule has 1 amide bonds. The van der Waals surface area contributed by atoms with Gasteiger partial charge in [0.25, 0.3) is 5.91 Å². The average molecular weight is 330 g/mol. The number of pyridine rings is 1. The molecule has 2 bridgehead atoms. The van der Waals surface area contributed by atoms with Gasteiger partial charge < -0.3 is 14.8 Å². The molecule has 0 aliphatic carbocycles. The minimum atomic E-state index is -0.132. The Bertz CT molecular complexity index is 801. The summed E-state index contributed by atoms with van der Waals surface area (Å²) in [5, 5.41) is 8.24. The van der Waals surface area contributed by atoms with Crippen molar-refractivity contribution >= 4 is 16.9 Å². The maximum Gasteiger partial charge on any atom is 0.258 e. The van der Waals surface area contributed by atoms with Crippen LogP contribution in [0.4, 0.5) is 0 Å². The lowest BCUT2D eigenvalue weighted by atomic mass is 9.95. The minimum Gasteiger partial charge on any atom is -0.466 e. The van der Waals surface area contributed by atoms with Crippen LogP contribution in [0.5, 0.6) is 5.88 Å². The number of carbonyl (C=O) groups excluding carboxylic acids is 1. The highest BCUT2D eigenvalue weighted by Crippen LogP contribution is 2.34. The van der Waals surface area contributed by atoms with Crippen LogP contribution in [-0.4, -0.2) is 45.5 Å². The number of ether oxygens (including phenoxy) is 2. The molecule has 3 atom stereocenters. The molecule has 2 aliphatic rings. The Morgan fingerprint density at radius 2 is 2.29 bits per heavy atom. The summed E-state index contributed by atoms with van der Waals surface area (Å²) >= 11 is 0. The highest BCUT2D eigenvalue weighted by molar-refractivity contribution is 5.85. The molecule has 0 spiro atoms. The number of aryl methyl sites for hydroxylation is 3. The number of aromatic nitrogens is 3. The highest BCUT2D eigenvalue weighted by atomic mass is 16.5. The molecule has 2 aromatic heterocycles. The standard InChI is InChI=1S/C17H22N4O3/c1-9-6-10(2)18-16-15(9)17(20-21(16)3)23-8-14(22)19-12-7-11-4-5-13(12)24-11/h6,11-13H,4-5,7-8H2,1-3H3,(H,19,22). The molecule has 7 heteroatoms. The second kappa shape index (κ2) is 5.73. The highest BCUT2D eigenvalue weighted by Gasteiger charge is 2.41. The van der Waals surface area contributed by atoms with Crippen LogP contribution in [-0.2, 0) is 16.6 Å². The lowest BCUT2D eigenvalue weighted by Gasteiger charge is -2.19. The third-order valence-electron chi connectivity index (χ3n) is 4.88. The first-order chi connectivity index (χ1) is 11.5. The van der Waals surface area contributed by atoms with Gasteiger partial charge in [0.05, 0.1) is 23.6 Å². The van der Waals surface area contributed by atoms with Gasteiger partial charge >= 0.3 is 0 Å². The van der Waals surface area contributed by atoms with Crippen LogP contribution in [0.15, 0.2) is 6.07 Å². The Morgan fingerprint density at radius 3 is 3.00 bits per heavy atom. The fourth-order valence-corrected chi connectivity index (χ4v) is 3.82. The molecule has 2 saturated heterocycles. The van der Waals surface area contributed by atoms with Crippen LogP contribution in [0.3, 0.4) is 0 Å². The maximum atomic E-state index is 12.2. The van der Waals surface area contributed by atoms with Crippen molar-refractivity contribution in [3.05, 3.63) is 17.3 Å². The Kier molecular flexibility index (Phi) is 3.68. The molecule has 4 rings (SSSR count). The molecule has 0 radical (unpaired) electrons. The summed E-state index contributed by atoms with van der Waals surface area (Å²) < 4.78 is 13.1. The average Bonchev–Trinajstić information content (AvgIpc) is 3.20. The predicted molar refractivity (Wildman–Crippen MR) is 87.9 cm³/mol. The first-order valence-electron chi connectivity index (χ1n) is 8.40. The molecule has 2 aliphatic heterocycles. The molecule has 4 heterocycles. The number of fused-ring (bicyclic) bond motifs is 3. The number of nitrogens with zero attached hydrogens (tertiary/aromatic N) is 3. The van der Waals surface area contributed by atoms with Crippen molar-refractivity contribution < 1.29 is 14.3 Å². The zero-order valence-corrected chi connectivity index (χ0v) is 14.2. The van der Waals surface area contributed by atoms with E-state index in [0.29, 0.717) is 12.0 Å². The first-order valence-corrected chi connectivity index (χ1v) is 8.40. The van der Waals surface area contributed by atoms with Gasteiger partial charge in [-0.25, -0.2) is 9.67 Å².